The van der Waals surface area contributed by atoms with Crippen LogP contribution in [-0.2, 0) is 63.8 Å². The molecule has 2 aromatic heterocycles. The quantitative estimate of drug-likeness (QED) is 0.0629. The molecule has 4 N–H and O–H groups in total. The van der Waals surface area contributed by atoms with Crippen molar-refractivity contribution in [1.82, 2.24) is 30.0 Å². The number of hydrogen-bond donors (Lipinski definition) is 3. The summed E-state index contributed by atoms with van der Waals surface area (Å²) in [5.74, 6) is -0.758. The van der Waals surface area contributed by atoms with Crippen LogP contribution in [0.2, 0.25) is 0 Å². The molecule has 2 saturated heterocycles. The molecule has 2 fully saturated rings. The van der Waals surface area contributed by atoms with E-state index in [0.29, 0.717) is 40.5 Å². The molecule has 0 unspecified atom stereocenters. The number of fused-ring (bicyclic) bond motifs is 1. The number of rotatable bonds is 17. The van der Waals surface area contributed by atoms with Gasteiger partial charge >= 0.3 is 12.3 Å². The number of hydrogen-bond acceptors (Lipinski definition) is 12. The molecule has 68 heavy (non-hydrogen) atoms. The zero-order valence-corrected chi connectivity index (χ0v) is 38.6. The van der Waals surface area contributed by atoms with E-state index >= 15 is 0 Å². The fraction of sp³-hybridized carbons (Fsp3) is 0.500. The zero-order chi connectivity index (χ0) is 48.9. The molecule has 4 aromatic rings. The van der Waals surface area contributed by atoms with Gasteiger partial charge in [-0.1, -0.05) is 38.0 Å². The van der Waals surface area contributed by atoms with Crippen LogP contribution in [0.15, 0.2) is 60.0 Å². The van der Waals surface area contributed by atoms with Crippen LogP contribution in [0.1, 0.15) is 84.5 Å². The number of anilines is 3. The van der Waals surface area contributed by atoms with Crippen LogP contribution in [0.5, 0.6) is 0 Å². The number of aromatic nitrogens is 4. The van der Waals surface area contributed by atoms with Crippen molar-refractivity contribution in [1.29, 1.82) is 0 Å². The van der Waals surface area contributed by atoms with E-state index in [1.54, 1.807) is 74.3 Å². The molecular formula is C46H56F3N13O6. The maximum absolute atomic E-state index is 14.9. The summed E-state index contributed by atoms with van der Waals surface area (Å²) in [7, 11) is 1.79. The van der Waals surface area contributed by atoms with Gasteiger partial charge in [0.1, 0.15) is 36.4 Å². The Bertz CT molecular complexity index is 2560. The molecule has 0 radical (unpaired) electrons. The number of amides is 4. The van der Waals surface area contributed by atoms with Gasteiger partial charge in [0.15, 0.2) is 0 Å². The number of alkyl halides is 3. The Morgan fingerprint density at radius 3 is 2.49 bits per heavy atom. The summed E-state index contributed by atoms with van der Waals surface area (Å²) >= 11 is 0. The van der Waals surface area contributed by atoms with Gasteiger partial charge in [0.2, 0.25) is 11.8 Å². The van der Waals surface area contributed by atoms with Gasteiger partial charge < -0.3 is 30.4 Å². The lowest BCUT2D eigenvalue weighted by Gasteiger charge is -2.42. The number of carbonyl (C=O) groups is 4. The monoisotopic (exact) mass is 943 g/mol. The van der Waals surface area contributed by atoms with Crippen LogP contribution in [0.25, 0.3) is 10.4 Å². The molecule has 3 atom stereocenters. The first kappa shape index (κ1) is 49.3. The number of pyridine rings is 1. The number of benzene rings is 2. The molecule has 0 aliphatic carbocycles. The third-order valence-electron chi connectivity index (χ3n) is 12.6. The van der Waals surface area contributed by atoms with Crippen molar-refractivity contribution in [2.45, 2.75) is 90.3 Å². The van der Waals surface area contributed by atoms with Crippen LogP contribution in [0, 0.1) is 11.8 Å². The Balaban J connectivity index is 1.18. The Kier molecular flexibility index (Phi) is 15.0. The number of carbonyl (C=O) groups excluding carboxylic acids is 4. The second-order valence-electron chi connectivity index (χ2n) is 18.3. The van der Waals surface area contributed by atoms with E-state index in [4.69, 9.17) is 20.2 Å². The van der Waals surface area contributed by atoms with Crippen molar-refractivity contribution >= 4 is 41.1 Å². The highest BCUT2D eigenvalue weighted by Gasteiger charge is 2.45. The highest BCUT2D eigenvalue weighted by molar-refractivity contribution is 6.10. The van der Waals surface area contributed by atoms with Gasteiger partial charge in [0, 0.05) is 61.2 Å². The minimum atomic E-state index is -4.76. The average Bonchev–Trinajstić information content (AvgIpc) is 3.85. The van der Waals surface area contributed by atoms with E-state index in [-0.39, 0.29) is 68.1 Å². The van der Waals surface area contributed by atoms with Crippen LogP contribution in [-0.4, -0.2) is 99.9 Å². The largest absolute Gasteiger partial charge is 0.444 e. The van der Waals surface area contributed by atoms with Gasteiger partial charge in [0.25, 0.3) is 5.91 Å². The number of likely N-dealkylation sites (tertiary alicyclic amines) is 1. The molecule has 0 bridgehead atoms. The second kappa shape index (κ2) is 20.7. The van der Waals surface area contributed by atoms with Crippen LogP contribution >= 0.6 is 0 Å². The van der Waals surface area contributed by atoms with Gasteiger partial charge in [-0.2, -0.15) is 13.2 Å². The van der Waals surface area contributed by atoms with E-state index in [2.05, 4.69) is 42.7 Å². The summed E-state index contributed by atoms with van der Waals surface area (Å²) in [6.45, 7) is 8.26. The molecule has 0 spiro atoms. The van der Waals surface area contributed by atoms with Crippen molar-refractivity contribution in [2.24, 2.45) is 29.7 Å². The molecule has 22 heteroatoms. The SMILES string of the molecule is CC(C)[C@H](N)C(=O)N[C@@H](C)C(=O)Nc1ccc(COC(=O)N(CCN=[N+]=[N-])c2cc(C3(Cc4nncn4C)COC3)cc(N3Cc4c(cc(CN5CCC[C@H](C)C5)cc4C(F)(F)F)C3=O)n2)cc1. The Hall–Kier alpha value is -6.61. The smallest absolute Gasteiger partial charge is 0.416 e. The predicted molar refractivity (Wildman–Crippen MR) is 244 cm³/mol. The molecular weight excluding hydrogens is 888 g/mol. The molecule has 5 heterocycles. The summed E-state index contributed by atoms with van der Waals surface area (Å²) < 4.78 is 57.9. The third-order valence-corrected chi connectivity index (χ3v) is 12.6. The number of azide groups is 1. The van der Waals surface area contributed by atoms with Crippen LogP contribution in [0.4, 0.5) is 35.3 Å². The molecule has 3 aliphatic rings. The van der Waals surface area contributed by atoms with Crippen molar-refractivity contribution in [3.05, 3.63) is 105 Å². The van der Waals surface area contributed by atoms with Gasteiger partial charge in [-0.25, -0.2) is 9.78 Å². The minimum Gasteiger partial charge on any atom is -0.444 e. The second-order valence-corrected chi connectivity index (χ2v) is 18.3. The summed E-state index contributed by atoms with van der Waals surface area (Å²) in [4.78, 5) is 65.8. The summed E-state index contributed by atoms with van der Waals surface area (Å²) in [6, 6.07) is 10.7. The normalized spacial score (nSPS) is 17.7. The molecule has 19 nitrogen and oxygen atoms in total. The molecule has 0 saturated carbocycles. The lowest BCUT2D eigenvalue weighted by atomic mass is 9.75. The zero-order valence-electron chi connectivity index (χ0n) is 38.6. The number of ether oxygens (including phenoxy) is 2. The lowest BCUT2D eigenvalue weighted by molar-refractivity contribution is -0.138. The van der Waals surface area contributed by atoms with Crippen molar-refractivity contribution in [3.63, 3.8) is 0 Å². The number of nitrogens with two attached hydrogens (primary N) is 1. The number of piperidine rings is 1. The summed E-state index contributed by atoms with van der Waals surface area (Å²) in [5.41, 5.74) is 15.0. The molecule has 2 aromatic carbocycles. The number of nitrogens with zero attached hydrogens (tertiary/aromatic N) is 10. The fourth-order valence-electron chi connectivity index (χ4n) is 8.58. The maximum Gasteiger partial charge on any atom is 0.416 e. The average molecular weight is 944 g/mol. The minimum absolute atomic E-state index is 0.0154. The molecule has 3 aliphatic heterocycles. The highest BCUT2D eigenvalue weighted by Crippen LogP contribution is 2.43. The van der Waals surface area contributed by atoms with E-state index in [0.717, 1.165) is 36.9 Å². The Morgan fingerprint density at radius 1 is 1.10 bits per heavy atom. The summed E-state index contributed by atoms with van der Waals surface area (Å²) in [6.07, 6.45) is -1.83. The van der Waals surface area contributed by atoms with Gasteiger partial charge in [-0.3, -0.25) is 29.1 Å². The van der Waals surface area contributed by atoms with E-state index in [1.807, 2.05) is 0 Å². The number of aryl methyl sites for hydroxylation is 1. The standard InChI is InChI=1S/C46H56F3N13O6/c1-27(2)40(50)42(64)54-29(4)41(63)55-33-10-8-30(9-11-33)23-68-44(66)61(14-12-52-58-51)37-17-32(45(24-67-25-45)19-39-57-53-26-59(39)5)18-38(56-37)62-22-35-34(43(62)65)15-31(16-36(35)46(47,48)49)21-60-13-6-7-28(3)20-60/h8-11,15-18,26-29,40H,6-7,12-14,19-25,50H2,1-5H3,(H,54,64)(H,55,63)/t28-,29-,40-/m0/s1. The van der Waals surface area contributed by atoms with E-state index in [1.165, 1.54) is 11.8 Å². The molecule has 4 amide bonds. The Morgan fingerprint density at radius 2 is 1.85 bits per heavy atom. The number of halogens is 3. The van der Waals surface area contributed by atoms with E-state index < -0.39 is 59.6 Å². The first-order chi connectivity index (χ1) is 32.3. The van der Waals surface area contributed by atoms with E-state index in [9.17, 15) is 37.9 Å². The van der Waals surface area contributed by atoms with Gasteiger partial charge in [-0.05, 0) is 102 Å². The maximum atomic E-state index is 14.9. The van der Waals surface area contributed by atoms with Crippen molar-refractivity contribution < 1.29 is 41.8 Å². The number of nitrogens with one attached hydrogen (secondary N) is 2. The summed E-state index contributed by atoms with van der Waals surface area (Å²) in [5, 5.41) is 17.2. The lowest BCUT2D eigenvalue weighted by Crippen LogP contribution is -2.50. The predicted octanol–water partition coefficient (Wildman–Crippen LogP) is 6.01. The first-order valence-corrected chi connectivity index (χ1v) is 22.5. The van der Waals surface area contributed by atoms with Crippen LogP contribution in [0.3, 0.4) is 0 Å². The fourth-order valence-corrected chi connectivity index (χ4v) is 8.58. The first-order valence-electron chi connectivity index (χ1n) is 22.5. The van der Waals surface area contributed by atoms with Gasteiger partial charge in [0.05, 0.1) is 31.4 Å². The molecule has 7 rings (SSSR count). The van der Waals surface area contributed by atoms with Crippen molar-refractivity contribution in [3.8, 4) is 0 Å². The Labute approximate surface area is 391 Å². The van der Waals surface area contributed by atoms with Gasteiger partial charge in [-0.15, -0.1) is 10.2 Å². The van der Waals surface area contributed by atoms with Crippen molar-refractivity contribution in [2.75, 3.05) is 54.5 Å². The van der Waals surface area contributed by atoms with Crippen LogP contribution < -0.4 is 26.2 Å². The molecule has 362 valence electrons. The highest BCUT2D eigenvalue weighted by atomic mass is 19.4. The topological polar surface area (TPSA) is 239 Å². The third kappa shape index (κ3) is 11.2.